The van der Waals surface area contributed by atoms with Crippen molar-refractivity contribution in [2.24, 2.45) is 5.92 Å². The molecule has 0 N–H and O–H groups in total. The zero-order valence-corrected chi connectivity index (χ0v) is 14.0. The number of unbranched alkanes of at least 4 members (excludes halogenated alkanes) is 1. The second kappa shape index (κ2) is 9.14. The van der Waals surface area contributed by atoms with Gasteiger partial charge in [0.1, 0.15) is 11.9 Å². The van der Waals surface area contributed by atoms with Crippen molar-refractivity contribution in [2.75, 3.05) is 20.4 Å². The topological polar surface area (TPSA) is 52.6 Å². The summed E-state index contributed by atoms with van der Waals surface area (Å²) < 4.78 is 21.5. The summed E-state index contributed by atoms with van der Waals surface area (Å²) in [4.78, 5) is 12.0. The lowest BCUT2D eigenvalue weighted by molar-refractivity contribution is -0.120. The Bertz CT molecular complexity index is 464. The number of hydrogen-bond acceptors (Lipinski definition) is 4. The third-order valence-corrected chi connectivity index (χ3v) is 5.46. The summed E-state index contributed by atoms with van der Waals surface area (Å²) in [6, 6.07) is 10.3. The molecule has 0 aliphatic carbocycles. The molecule has 0 radical (unpaired) electrons. The van der Waals surface area contributed by atoms with E-state index in [0.717, 1.165) is 25.7 Å². The molecule has 0 saturated carbocycles. The van der Waals surface area contributed by atoms with Crippen LogP contribution in [0.25, 0.3) is 0 Å². The number of hydrogen-bond donors (Lipinski definition) is 0. The molecular weight excluding hydrogens is 287 g/mol. The van der Waals surface area contributed by atoms with E-state index in [0.29, 0.717) is 0 Å². The molecule has 1 aromatic carbocycles. The molecule has 0 aromatic heterocycles. The van der Waals surface area contributed by atoms with Crippen molar-refractivity contribution in [3.8, 4) is 0 Å². The number of ketones is 1. The van der Waals surface area contributed by atoms with Crippen LogP contribution in [0.5, 0.6) is 0 Å². The molecule has 0 unspecified atom stereocenters. The van der Waals surface area contributed by atoms with E-state index >= 15 is 0 Å². The predicted octanol–water partition coefficient (Wildman–Crippen LogP) is 4.09. The van der Waals surface area contributed by atoms with E-state index in [1.807, 2.05) is 25.1 Å². The standard InChI is InChI=1S/C16H25O4P/c1-14(16(17)13-21(18,19-2)20-3)9-7-8-12-15-10-5-4-6-11-15/h4-6,10-11,14H,7-9,12-13H2,1-3H3/t14-/m0/s1. The van der Waals surface area contributed by atoms with Gasteiger partial charge in [0.25, 0.3) is 0 Å². The number of carbonyl (C=O) groups is 1. The van der Waals surface area contributed by atoms with Crippen LogP contribution >= 0.6 is 7.60 Å². The Morgan fingerprint density at radius 2 is 1.76 bits per heavy atom. The van der Waals surface area contributed by atoms with Crippen LogP contribution in [0.3, 0.4) is 0 Å². The van der Waals surface area contributed by atoms with E-state index in [9.17, 15) is 9.36 Å². The van der Waals surface area contributed by atoms with Gasteiger partial charge in [-0.05, 0) is 24.8 Å². The van der Waals surface area contributed by atoms with Gasteiger partial charge in [-0.25, -0.2) is 0 Å². The van der Waals surface area contributed by atoms with Gasteiger partial charge in [0.05, 0.1) is 0 Å². The lowest BCUT2D eigenvalue weighted by Gasteiger charge is -2.15. The first-order valence-corrected chi connectivity index (χ1v) is 9.00. The molecule has 1 aromatic rings. The number of Topliss-reactive ketones (excluding diaryl/α,β-unsaturated/α-hetero) is 1. The lowest BCUT2D eigenvalue weighted by atomic mass is 9.98. The van der Waals surface area contributed by atoms with Crippen molar-refractivity contribution in [1.29, 1.82) is 0 Å². The maximum atomic E-state index is 12.0. The zero-order valence-electron chi connectivity index (χ0n) is 13.1. The Balaban J connectivity index is 2.28. The van der Waals surface area contributed by atoms with Crippen LogP contribution in [0.4, 0.5) is 0 Å². The van der Waals surface area contributed by atoms with Gasteiger partial charge in [-0.1, -0.05) is 43.7 Å². The first-order chi connectivity index (χ1) is 10.0. The minimum Gasteiger partial charge on any atom is -0.312 e. The van der Waals surface area contributed by atoms with Crippen LogP contribution in [-0.2, 0) is 24.8 Å². The average molecular weight is 312 g/mol. The third kappa shape index (κ3) is 6.56. The molecule has 118 valence electrons. The van der Waals surface area contributed by atoms with Crippen molar-refractivity contribution in [1.82, 2.24) is 0 Å². The minimum atomic E-state index is -3.23. The van der Waals surface area contributed by atoms with E-state index in [1.165, 1.54) is 19.8 Å². The van der Waals surface area contributed by atoms with E-state index in [4.69, 9.17) is 9.05 Å². The van der Waals surface area contributed by atoms with Crippen molar-refractivity contribution in [2.45, 2.75) is 32.6 Å². The fourth-order valence-electron chi connectivity index (χ4n) is 2.14. The number of aryl methyl sites for hydroxylation is 1. The summed E-state index contributed by atoms with van der Waals surface area (Å²) in [5.74, 6) is -0.166. The molecule has 0 saturated heterocycles. The van der Waals surface area contributed by atoms with Crippen molar-refractivity contribution < 1.29 is 18.4 Å². The van der Waals surface area contributed by atoms with Crippen LogP contribution in [0, 0.1) is 5.92 Å². The highest BCUT2D eigenvalue weighted by molar-refractivity contribution is 7.54. The van der Waals surface area contributed by atoms with Crippen LogP contribution in [0.2, 0.25) is 0 Å². The Labute approximate surface area is 127 Å². The van der Waals surface area contributed by atoms with E-state index in [-0.39, 0.29) is 17.9 Å². The van der Waals surface area contributed by atoms with Gasteiger partial charge in [-0.3, -0.25) is 9.36 Å². The van der Waals surface area contributed by atoms with E-state index in [1.54, 1.807) is 0 Å². The Morgan fingerprint density at radius 3 is 2.33 bits per heavy atom. The molecule has 0 heterocycles. The maximum Gasteiger partial charge on any atom is 0.337 e. The molecular formula is C16H25O4P. The SMILES string of the molecule is COP(=O)(CC(=O)[C@@H](C)CCCCc1ccccc1)OC. The van der Waals surface area contributed by atoms with Gasteiger partial charge >= 0.3 is 7.60 Å². The predicted molar refractivity (Wildman–Crippen MR) is 84.7 cm³/mol. The smallest absolute Gasteiger partial charge is 0.312 e. The molecule has 0 bridgehead atoms. The van der Waals surface area contributed by atoms with Gasteiger partial charge in [-0.2, -0.15) is 0 Å². The van der Waals surface area contributed by atoms with Crippen LogP contribution in [0.1, 0.15) is 31.7 Å². The van der Waals surface area contributed by atoms with Crippen molar-refractivity contribution in [3.05, 3.63) is 35.9 Å². The number of benzene rings is 1. The molecule has 21 heavy (non-hydrogen) atoms. The zero-order chi connectivity index (χ0) is 15.7. The Kier molecular flexibility index (Phi) is 7.87. The fourth-order valence-corrected chi connectivity index (χ4v) is 3.24. The first-order valence-electron chi connectivity index (χ1n) is 7.28. The molecule has 0 amide bonds. The van der Waals surface area contributed by atoms with Gasteiger partial charge in [-0.15, -0.1) is 0 Å². The largest absolute Gasteiger partial charge is 0.337 e. The van der Waals surface area contributed by atoms with Crippen LogP contribution in [0.15, 0.2) is 30.3 Å². The monoisotopic (exact) mass is 312 g/mol. The molecule has 1 rings (SSSR count). The Morgan fingerprint density at radius 1 is 1.14 bits per heavy atom. The highest BCUT2D eigenvalue weighted by Crippen LogP contribution is 2.46. The Hall–Kier alpha value is -0.960. The number of carbonyl (C=O) groups excluding carboxylic acids is 1. The quantitative estimate of drug-likeness (QED) is 0.482. The second-order valence-electron chi connectivity index (χ2n) is 5.23. The third-order valence-electron chi connectivity index (χ3n) is 3.65. The summed E-state index contributed by atoms with van der Waals surface area (Å²) in [7, 11) is -0.612. The van der Waals surface area contributed by atoms with E-state index < -0.39 is 7.60 Å². The molecule has 1 atom stereocenters. The average Bonchev–Trinajstić information content (AvgIpc) is 2.52. The second-order valence-corrected chi connectivity index (χ2v) is 7.50. The highest BCUT2D eigenvalue weighted by Gasteiger charge is 2.27. The summed E-state index contributed by atoms with van der Waals surface area (Å²) in [5, 5.41) is 0. The fraction of sp³-hybridized carbons (Fsp3) is 0.562. The molecule has 0 fully saturated rings. The molecule has 4 nitrogen and oxygen atoms in total. The number of rotatable bonds is 10. The van der Waals surface area contributed by atoms with Crippen LogP contribution in [-0.4, -0.2) is 26.2 Å². The molecule has 5 heteroatoms. The van der Waals surface area contributed by atoms with Crippen LogP contribution < -0.4 is 0 Å². The lowest BCUT2D eigenvalue weighted by Crippen LogP contribution is -2.16. The molecule has 0 aliphatic rings. The van der Waals surface area contributed by atoms with Gasteiger partial charge in [0, 0.05) is 20.1 Å². The first kappa shape index (κ1) is 18.1. The summed E-state index contributed by atoms with van der Waals surface area (Å²) in [6.07, 6.45) is 3.72. The molecule has 0 aliphatic heterocycles. The molecule has 0 spiro atoms. The maximum absolute atomic E-state index is 12.0. The van der Waals surface area contributed by atoms with Gasteiger partial charge in [0.2, 0.25) is 0 Å². The summed E-state index contributed by atoms with van der Waals surface area (Å²) in [6.45, 7) is 1.88. The minimum absolute atomic E-state index is 0.0539. The van der Waals surface area contributed by atoms with Gasteiger partial charge < -0.3 is 9.05 Å². The summed E-state index contributed by atoms with van der Waals surface area (Å²) >= 11 is 0. The summed E-state index contributed by atoms with van der Waals surface area (Å²) in [5.41, 5.74) is 1.32. The van der Waals surface area contributed by atoms with Crippen molar-refractivity contribution >= 4 is 13.4 Å². The highest BCUT2D eigenvalue weighted by atomic mass is 31.2. The van der Waals surface area contributed by atoms with Crippen molar-refractivity contribution in [3.63, 3.8) is 0 Å². The van der Waals surface area contributed by atoms with Gasteiger partial charge in [0.15, 0.2) is 0 Å². The normalized spacial score (nSPS) is 13.1. The van der Waals surface area contributed by atoms with E-state index in [2.05, 4.69) is 12.1 Å².